The Morgan fingerprint density at radius 3 is 2.39 bits per heavy atom. The van der Waals surface area contributed by atoms with Crippen molar-refractivity contribution >= 4 is 29.1 Å². The molecule has 23 heavy (non-hydrogen) atoms. The maximum absolute atomic E-state index is 12.2. The molecule has 0 aliphatic heterocycles. The summed E-state index contributed by atoms with van der Waals surface area (Å²) in [6.45, 7) is 0.292. The number of benzene rings is 2. The number of ether oxygens (including phenoxy) is 2. The number of amides is 1. The van der Waals surface area contributed by atoms with Crippen molar-refractivity contribution in [3.05, 3.63) is 63.6 Å². The molecule has 0 spiro atoms. The van der Waals surface area contributed by atoms with Gasteiger partial charge in [-0.05, 0) is 24.3 Å². The van der Waals surface area contributed by atoms with Crippen molar-refractivity contribution in [2.45, 2.75) is 6.10 Å². The molecule has 1 N–H and O–H groups in total. The highest BCUT2D eigenvalue weighted by Crippen LogP contribution is 2.26. The van der Waals surface area contributed by atoms with Crippen LogP contribution in [-0.4, -0.2) is 26.7 Å². The van der Waals surface area contributed by atoms with Gasteiger partial charge in [0.05, 0.1) is 7.11 Å². The molecule has 2 aromatic rings. The summed E-state index contributed by atoms with van der Waals surface area (Å²) in [4.78, 5) is 12.2. The van der Waals surface area contributed by atoms with E-state index in [-0.39, 0.29) is 12.0 Å². The fraction of sp³-hybridized carbons (Fsp3) is 0.235. The summed E-state index contributed by atoms with van der Waals surface area (Å²) in [5.74, 6) is 0.436. The molecular weight excluding hydrogens is 337 g/mol. The van der Waals surface area contributed by atoms with E-state index >= 15 is 0 Å². The Labute approximate surface area is 145 Å². The zero-order chi connectivity index (χ0) is 16.8. The maximum Gasteiger partial charge on any atom is 0.251 e. The monoisotopic (exact) mass is 353 g/mol. The Morgan fingerprint density at radius 2 is 1.78 bits per heavy atom. The second-order valence-corrected chi connectivity index (χ2v) is 5.71. The van der Waals surface area contributed by atoms with E-state index in [9.17, 15) is 4.79 Å². The molecular formula is C17H17Cl2NO3. The van der Waals surface area contributed by atoms with Crippen LogP contribution in [0.25, 0.3) is 0 Å². The van der Waals surface area contributed by atoms with E-state index in [4.69, 9.17) is 32.7 Å². The van der Waals surface area contributed by atoms with Gasteiger partial charge in [-0.3, -0.25) is 4.79 Å². The number of methoxy groups -OCH3 is 2. The fourth-order valence-electron chi connectivity index (χ4n) is 2.23. The Morgan fingerprint density at radius 1 is 1.13 bits per heavy atom. The normalized spacial score (nSPS) is 11.8. The molecule has 1 atom stereocenters. The highest BCUT2D eigenvalue weighted by atomic mass is 35.5. The van der Waals surface area contributed by atoms with E-state index in [1.807, 2.05) is 24.3 Å². The molecule has 0 aliphatic rings. The minimum Gasteiger partial charge on any atom is -0.496 e. The van der Waals surface area contributed by atoms with Gasteiger partial charge < -0.3 is 14.8 Å². The van der Waals surface area contributed by atoms with E-state index in [1.54, 1.807) is 32.4 Å². The number of rotatable bonds is 6. The molecule has 0 aliphatic carbocycles. The van der Waals surface area contributed by atoms with Crippen LogP contribution >= 0.6 is 23.2 Å². The van der Waals surface area contributed by atoms with Gasteiger partial charge in [-0.1, -0.05) is 41.4 Å². The molecule has 1 unspecified atom stereocenters. The summed E-state index contributed by atoms with van der Waals surface area (Å²) in [5, 5.41) is 3.64. The van der Waals surface area contributed by atoms with Gasteiger partial charge >= 0.3 is 0 Å². The second-order valence-electron chi connectivity index (χ2n) is 4.83. The molecule has 0 saturated carbocycles. The van der Waals surface area contributed by atoms with Crippen molar-refractivity contribution in [2.75, 3.05) is 20.8 Å². The van der Waals surface area contributed by atoms with E-state index in [0.717, 1.165) is 5.56 Å². The lowest BCUT2D eigenvalue weighted by molar-refractivity contribution is 0.0819. The lowest BCUT2D eigenvalue weighted by Gasteiger charge is -2.19. The van der Waals surface area contributed by atoms with Crippen molar-refractivity contribution in [3.8, 4) is 5.75 Å². The zero-order valence-corrected chi connectivity index (χ0v) is 14.3. The molecule has 122 valence electrons. The first kappa shape index (κ1) is 17.6. The first-order valence-electron chi connectivity index (χ1n) is 6.95. The summed E-state index contributed by atoms with van der Waals surface area (Å²) >= 11 is 11.8. The predicted octanol–water partition coefficient (Wildman–Crippen LogP) is 4.12. The number of nitrogens with one attached hydrogen (secondary N) is 1. The summed E-state index contributed by atoms with van der Waals surface area (Å²) in [6.07, 6.45) is -0.329. The van der Waals surface area contributed by atoms with Gasteiger partial charge in [0.15, 0.2) is 0 Å². The number of para-hydroxylation sites is 1. The molecule has 0 bridgehead atoms. The minimum absolute atomic E-state index is 0.272. The smallest absolute Gasteiger partial charge is 0.251 e. The number of hydrogen-bond donors (Lipinski definition) is 1. The number of hydrogen-bond acceptors (Lipinski definition) is 3. The molecule has 0 heterocycles. The van der Waals surface area contributed by atoms with Gasteiger partial charge in [-0.15, -0.1) is 0 Å². The molecule has 2 rings (SSSR count). The number of carbonyl (C=O) groups excluding carboxylic acids is 1. The Bertz CT molecular complexity index is 671. The summed E-state index contributed by atoms with van der Waals surface area (Å²) in [7, 11) is 3.18. The summed E-state index contributed by atoms with van der Waals surface area (Å²) in [6, 6.07) is 12.2. The third-order valence-corrected chi connectivity index (χ3v) is 3.78. The average Bonchev–Trinajstić information content (AvgIpc) is 2.54. The van der Waals surface area contributed by atoms with Gasteiger partial charge in [0.2, 0.25) is 0 Å². The second kappa shape index (κ2) is 8.20. The lowest BCUT2D eigenvalue weighted by Crippen LogP contribution is -2.29. The minimum atomic E-state index is -0.329. The van der Waals surface area contributed by atoms with Crippen molar-refractivity contribution in [2.24, 2.45) is 0 Å². The first-order valence-corrected chi connectivity index (χ1v) is 7.70. The van der Waals surface area contributed by atoms with Crippen LogP contribution < -0.4 is 10.1 Å². The highest BCUT2D eigenvalue weighted by molar-refractivity contribution is 6.35. The van der Waals surface area contributed by atoms with E-state index in [0.29, 0.717) is 27.9 Å². The molecule has 4 nitrogen and oxygen atoms in total. The van der Waals surface area contributed by atoms with Crippen LogP contribution in [0.4, 0.5) is 0 Å². The third kappa shape index (κ3) is 4.61. The third-order valence-electron chi connectivity index (χ3n) is 3.34. The van der Waals surface area contributed by atoms with Gasteiger partial charge in [0, 0.05) is 34.8 Å². The number of carbonyl (C=O) groups is 1. The SMILES string of the molecule is COc1ccccc1C(CNC(=O)c1cc(Cl)cc(Cl)c1)OC. The molecule has 0 radical (unpaired) electrons. The molecule has 0 saturated heterocycles. The predicted molar refractivity (Wildman–Crippen MR) is 91.5 cm³/mol. The zero-order valence-electron chi connectivity index (χ0n) is 12.8. The van der Waals surface area contributed by atoms with Crippen LogP contribution in [0.5, 0.6) is 5.75 Å². The first-order chi connectivity index (χ1) is 11.0. The van der Waals surface area contributed by atoms with Crippen LogP contribution in [0.3, 0.4) is 0 Å². The van der Waals surface area contributed by atoms with E-state index < -0.39 is 0 Å². The molecule has 0 aromatic heterocycles. The highest BCUT2D eigenvalue weighted by Gasteiger charge is 2.17. The van der Waals surface area contributed by atoms with Crippen LogP contribution in [-0.2, 0) is 4.74 Å². The van der Waals surface area contributed by atoms with Crippen LogP contribution in [0.2, 0.25) is 10.0 Å². The number of halogens is 2. The fourth-order valence-corrected chi connectivity index (χ4v) is 2.75. The Kier molecular flexibility index (Phi) is 6.28. The topological polar surface area (TPSA) is 47.6 Å². The van der Waals surface area contributed by atoms with Gasteiger partial charge in [0.25, 0.3) is 5.91 Å². The Hall–Kier alpha value is -1.75. The molecule has 0 fully saturated rings. The average molecular weight is 354 g/mol. The van der Waals surface area contributed by atoms with Gasteiger partial charge in [0.1, 0.15) is 11.9 Å². The van der Waals surface area contributed by atoms with E-state index in [1.165, 1.54) is 0 Å². The standard InChI is InChI=1S/C17H17Cl2NO3/c1-22-15-6-4-3-5-14(15)16(23-2)10-20-17(21)11-7-12(18)9-13(19)8-11/h3-9,16H,10H2,1-2H3,(H,20,21). The molecule has 2 aromatic carbocycles. The summed E-state index contributed by atoms with van der Waals surface area (Å²) < 4.78 is 10.8. The molecule has 6 heteroatoms. The van der Waals surface area contributed by atoms with E-state index in [2.05, 4.69) is 5.32 Å². The van der Waals surface area contributed by atoms with Crippen molar-refractivity contribution < 1.29 is 14.3 Å². The van der Waals surface area contributed by atoms with Gasteiger partial charge in [-0.25, -0.2) is 0 Å². The largest absolute Gasteiger partial charge is 0.496 e. The Balaban J connectivity index is 2.09. The van der Waals surface area contributed by atoms with Crippen LogP contribution in [0, 0.1) is 0 Å². The lowest BCUT2D eigenvalue weighted by atomic mass is 10.1. The van der Waals surface area contributed by atoms with Crippen molar-refractivity contribution in [3.63, 3.8) is 0 Å². The van der Waals surface area contributed by atoms with Crippen molar-refractivity contribution in [1.29, 1.82) is 0 Å². The van der Waals surface area contributed by atoms with Crippen LogP contribution in [0.15, 0.2) is 42.5 Å². The quantitative estimate of drug-likeness (QED) is 0.849. The van der Waals surface area contributed by atoms with Gasteiger partial charge in [-0.2, -0.15) is 0 Å². The van der Waals surface area contributed by atoms with Crippen LogP contribution in [0.1, 0.15) is 22.0 Å². The maximum atomic E-state index is 12.2. The molecule has 1 amide bonds. The summed E-state index contributed by atoms with van der Waals surface area (Å²) in [5.41, 5.74) is 1.26. The van der Waals surface area contributed by atoms with Crippen molar-refractivity contribution in [1.82, 2.24) is 5.32 Å².